The third kappa shape index (κ3) is 2.32. The summed E-state index contributed by atoms with van der Waals surface area (Å²) in [6, 6.07) is 0. The SMILES string of the molecule is CCCC1C(C)C=CC(CO)C1O. The van der Waals surface area contributed by atoms with Gasteiger partial charge in [0.25, 0.3) is 0 Å². The van der Waals surface area contributed by atoms with Crippen molar-refractivity contribution in [3.05, 3.63) is 12.2 Å². The lowest BCUT2D eigenvalue weighted by atomic mass is 9.75. The van der Waals surface area contributed by atoms with E-state index in [0.717, 1.165) is 12.8 Å². The van der Waals surface area contributed by atoms with Crippen LogP contribution in [0.1, 0.15) is 26.7 Å². The average Bonchev–Trinajstić information content (AvgIpc) is 2.12. The van der Waals surface area contributed by atoms with E-state index in [-0.39, 0.29) is 18.6 Å². The Kier molecular flexibility index (Phi) is 3.94. The van der Waals surface area contributed by atoms with E-state index < -0.39 is 0 Å². The van der Waals surface area contributed by atoms with Crippen LogP contribution in [-0.4, -0.2) is 22.9 Å². The summed E-state index contributed by atoms with van der Waals surface area (Å²) in [4.78, 5) is 0. The van der Waals surface area contributed by atoms with Gasteiger partial charge in [0.2, 0.25) is 0 Å². The standard InChI is InChI=1S/C11H20O2/c1-3-4-10-8(2)5-6-9(7-12)11(10)13/h5-6,8-13H,3-4,7H2,1-2H3. The molecule has 0 bridgehead atoms. The highest BCUT2D eigenvalue weighted by Gasteiger charge is 2.31. The molecule has 0 aromatic rings. The number of allylic oxidation sites excluding steroid dienone is 1. The molecule has 1 rings (SSSR count). The van der Waals surface area contributed by atoms with Crippen molar-refractivity contribution in [2.75, 3.05) is 6.61 Å². The molecule has 0 saturated carbocycles. The van der Waals surface area contributed by atoms with E-state index in [1.165, 1.54) is 0 Å². The van der Waals surface area contributed by atoms with Crippen LogP contribution in [0.15, 0.2) is 12.2 Å². The summed E-state index contributed by atoms with van der Waals surface area (Å²) in [7, 11) is 0. The highest BCUT2D eigenvalue weighted by Crippen LogP contribution is 2.31. The second-order valence-electron chi connectivity index (χ2n) is 4.03. The van der Waals surface area contributed by atoms with E-state index in [9.17, 15) is 5.11 Å². The van der Waals surface area contributed by atoms with Gasteiger partial charge in [-0.3, -0.25) is 0 Å². The molecule has 2 nitrogen and oxygen atoms in total. The number of hydrogen-bond acceptors (Lipinski definition) is 2. The minimum absolute atomic E-state index is 0.0484. The fraction of sp³-hybridized carbons (Fsp3) is 0.818. The quantitative estimate of drug-likeness (QED) is 0.654. The summed E-state index contributed by atoms with van der Waals surface area (Å²) < 4.78 is 0. The lowest BCUT2D eigenvalue weighted by Gasteiger charge is -2.34. The molecule has 0 fully saturated rings. The number of aliphatic hydroxyl groups excluding tert-OH is 2. The van der Waals surface area contributed by atoms with Gasteiger partial charge in [-0.15, -0.1) is 0 Å². The number of aliphatic hydroxyl groups is 2. The zero-order valence-corrected chi connectivity index (χ0v) is 8.48. The smallest absolute Gasteiger partial charge is 0.0658 e. The Bertz CT molecular complexity index is 177. The van der Waals surface area contributed by atoms with E-state index in [4.69, 9.17) is 5.11 Å². The predicted molar refractivity (Wildman–Crippen MR) is 53.3 cm³/mol. The van der Waals surface area contributed by atoms with Gasteiger partial charge in [-0.1, -0.05) is 32.4 Å². The second-order valence-corrected chi connectivity index (χ2v) is 4.03. The molecule has 2 heteroatoms. The first-order valence-corrected chi connectivity index (χ1v) is 5.18. The summed E-state index contributed by atoms with van der Waals surface area (Å²) in [5, 5.41) is 18.9. The first kappa shape index (κ1) is 10.7. The van der Waals surface area contributed by atoms with Crippen molar-refractivity contribution >= 4 is 0 Å². The van der Waals surface area contributed by atoms with Crippen LogP contribution in [0.2, 0.25) is 0 Å². The molecular formula is C11H20O2. The first-order valence-electron chi connectivity index (χ1n) is 5.18. The van der Waals surface area contributed by atoms with Crippen molar-refractivity contribution in [1.29, 1.82) is 0 Å². The number of hydrogen-bond donors (Lipinski definition) is 2. The van der Waals surface area contributed by atoms with Crippen molar-refractivity contribution in [2.24, 2.45) is 17.8 Å². The molecule has 4 unspecified atom stereocenters. The van der Waals surface area contributed by atoms with Gasteiger partial charge in [0, 0.05) is 5.92 Å². The van der Waals surface area contributed by atoms with E-state index in [2.05, 4.69) is 19.9 Å². The monoisotopic (exact) mass is 184 g/mol. The predicted octanol–water partition coefficient (Wildman–Crippen LogP) is 1.58. The summed E-state index contributed by atoms with van der Waals surface area (Å²) in [5.74, 6) is 0.720. The molecule has 0 radical (unpaired) electrons. The van der Waals surface area contributed by atoms with Gasteiger partial charge in [-0.2, -0.15) is 0 Å². The fourth-order valence-electron chi connectivity index (χ4n) is 2.14. The van der Waals surface area contributed by atoms with E-state index >= 15 is 0 Å². The fourth-order valence-corrected chi connectivity index (χ4v) is 2.14. The second kappa shape index (κ2) is 4.77. The normalized spacial score (nSPS) is 39.4. The van der Waals surface area contributed by atoms with Crippen LogP contribution in [0, 0.1) is 17.8 Å². The molecule has 0 aromatic carbocycles. The Morgan fingerprint density at radius 3 is 2.54 bits per heavy atom. The van der Waals surface area contributed by atoms with E-state index in [1.54, 1.807) is 0 Å². The van der Waals surface area contributed by atoms with Crippen LogP contribution in [-0.2, 0) is 0 Å². The minimum Gasteiger partial charge on any atom is -0.396 e. The third-order valence-electron chi connectivity index (χ3n) is 3.05. The van der Waals surface area contributed by atoms with E-state index in [0.29, 0.717) is 11.8 Å². The Morgan fingerprint density at radius 2 is 2.00 bits per heavy atom. The molecule has 0 saturated heterocycles. The molecule has 1 aliphatic rings. The van der Waals surface area contributed by atoms with Gasteiger partial charge in [0.05, 0.1) is 12.7 Å². The van der Waals surface area contributed by atoms with Crippen LogP contribution in [0.3, 0.4) is 0 Å². The highest BCUT2D eigenvalue weighted by atomic mass is 16.3. The van der Waals surface area contributed by atoms with Crippen molar-refractivity contribution in [1.82, 2.24) is 0 Å². The van der Waals surface area contributed by atoms with Crippen molar-refractivity contribution < 1.29 is 10.2 Å². The summed E-state index contributed by atoms with van der Waals surface area (Å²) in [6.07, 6.45) is 5.85. The van der Waals surface area contributed by atoms with Gasteiger partial charge < -0.3 is 10.2 Å². The van der Waals surface area contributed by atoms with Gasteiger partial charge in [0.1, 0.15) is 0 Å². The Hall–Kier alpha value is -0.340. The summed E-state index contributed by atoms with van der Waals surface area (Å²) in [6.45, 7) is 4.32. The Balaban J connectivity index is 2.66. The first-order chi connectivity index (χ1) is 6.20. The van der Waals surface area contributed by atoms with Crippen molar-refractivity contribution in [2.45, 2.75) is 32.8 Å². The van der Waals surface area contributed by atoms with Crippen LogP contribution < -0.4 is 0 Å². The molecule has 13 heavy (non-hydrogen) atoms. The third-order valence-corrected chi connectivity index (χ3v) is 3.05. The maximum absolute atomic E-state index is 9.92. The van der Waals surface area contributed by atoms with Gasteiger partial charge >= 0.3 is 0 Å². The molecule has 2 N–H and O–H groups in total. The molecule has 4 atom stereocenters. The van der Waals surface area contributed by atoms with Crippen molar-refractivity contribution in [3.63, 3.8) is 0 Å². The Labute approximate surface area is 80.3 Å². The zero-order chi connectivity index (χ0) is 9.84. The van der Waals surface area contributed by atoms with Gasteiger partial charge in [-0.05, 0) is 18.3 Å². The zero-order valence-electron chi connectivity index (χ0n) is 8.48. The molecule has 0 aromatic heterocycles. The molecular weight excluding hydrogens is 164 g/mol. The minimum atomic E-state index is -0.357. The summed E-state index contributed by atoms with van der Waals surface area (Å²) in [5.41, 5.74) is 0. The summed E-state index contributed by atoms with van der Waals surface area (Å²) >= 11 is 0. The topological polar surface area (TPSA) is 40.5 Å². The molecule has 0 spiro atoms. The molecule has 76 valence electrons. The van der Waals surface area contributed by atoms with Gasteiger partial charge in [-0.25, -0.2) is 0 Å². The molecule has 1 aliphatic carbocycles. The average molecular weight is 184 g/mol. The van der Waals surface area contributed by atoms with Crippen LogP contribution in [0.4, 0.5) is 0 Å². The van der Waals surface area contributed by atoms with Crippen molar-refractivity contribution in [3.8, 4) is 0 Å². The van der Waals surface area contributed by atoms with Crippen LogP contribution >= 0.6 is 0 Å². The van der Waals surface area contributed by atoms with Crippen LogP contribution in [0.25, 0.3) is 0 Å². The van der Waals surface area contributed by atoms with Gasteiger partial charge in [0.15, 0.2) is 0 Å². The highest BCUT2D eigenvalue weighted by molar-refractivity contribution is 5.04. The van der Waals surface area contributed by atoms with Crippen LogP contribution in [0.5, 0.6) is 0 Å². The maximum atomic E-state index is 9.92. The largest absolute Gasteiger partial charge is 0.396 e. The molecule has 0 heterocycles. The lowest BCUT2D eigenvalue weighted by molar-refractivity contribution is 0.0176. The Morgan fingerprint density at radius 1 is 1.31 bits per heavy atom. The van der Waals surface area contributed by atoms with E-state index in [1.807, 2.05) is 6.08 Å². The maximum Gasteiger partial charge on any atom is 0.0658 e. The molecule has 0 amide bonds. The number of rotatable bonds is 3. The molecule has 0 aliphatic heterocycles. The lowest BCUT2D eigenvalue weighted by Crippen LogP contribution is -2.36.